The van der Waals surface area contributed by atoms with Crippen molar-refractivity contribution in [1.82, 2.24) is 5.32 Å². The minimum atomic E-state index is 0.235. The maximum atomic E-state index is 8.28. The van der Waals surface area contributed by atoms with E-state index in [1.54, 1.807) is 6.92 Å². The molecule has 0 aromatic carbocycles. The monoisotopic (exact) mass is 113 g/mol. The van der Waals surface area contributed by atoms with Crippen molar-refractivity contribution in [3.05, 3.63) is 0 Å². The van der Waals surface area contributed by atoms with Gasteiger partial charge in [-0.2, -0.15) is 0 Å². The van der Waals surface area contributed by atoms with Crippen LogP contribution in [0.1, 0.15) is 13.3 Å². The largest absolute Gasteiger partial charge is 0.396 e. The summed E-state index contributed by atoms with van der Waals surface area (Å²) in [7, 11) is 0. The van der Waals surface area contributed by atoms with Crippen LogP contribution in [0.2, 0.25) is 0 Å². The van der Waals surface area contributed by atoms with E-state index in [0.29, 0.717) is 0 Å². The van der Waals surface area contributed by atoms with Crippen molar-refractivity contribution < 1.29 is 5.11 Å². The molecule has 0 saturated carbocycles. The Morgan fingerprint density at radius 1 is 1.62 bits per heavy atom. The lowest BCUT2D eigenvalue weighted by Crippen LogP contribution is -2.08. The quantitative estimate of drug-likeness (QED) is 0.305. The number of nitrogens with one attached hydrogen (secondary N) is 1. The van der Waals surface area contributed by atoms with Crippen LogP contribution in [0.5, 0.6) is 0 Å². The molecule has 0 fully saturated rings. The molecule has 0 aliphatic carbocycles. The van der Waals surface area contributed by atoms with Crippen molar-refractivity contribution in [3.63, 3.8) is 0 Å². The smallest absolute Gasteiger partial charge is 0.0448 e. The summed E-state index contributed by atoms with van der Waals surface area (Å²) >= 11 is 0. The topological polar surface area (TPSA) is 32.3 Å². The van der Waals surface area contributed by atoms with Crippen LogP contribution < -0.4 is 5.32 Å². The van der Waals surface area contributed by atoms with E-state index in [-0.39, 0.29) is 6.61 Å². The molecule has 0 spiro atoms. The van der Waals surface area contributed by atoms with E-state index in [9.17, 15) is 0 Å². The maximum Gasteiger partial charge on any atom is 0.0448 e. The molecule has 0 amide bonds. The maximum absolute atomic E-state index is 8.28. The van der Waals surface area contributed by atoms with Crippen LogP contribution in [0.15, 0.2) is 0 Å². The summed E-state index contributed by atoms with van der Waals surface area (Å²) in [6, 6.07) is 2.67. The number of hydrogen-bond donors (Lipinski definition) is 2. The number of aliphatic hydroxyl groups excluding tert-OH is 1. The van der Waals surface area contributed by atoms with Gasteiger partial charge >= 0.3 is 0 Å². The zero-order chi connectivity index (χ0) is 6.24. The van der Waals surface area contributed by atoms with E-state index in [0.717, 1.165) is 13.0 Å². The Bertz CT molecular complexity index is 90.4. The first kappa shape index (κ1) is 7.32. The van der Waals surface area contributed by atoms with Gasteiger partial charge in [0.15, 0.2) is 0 Å². The zero-order valence-electron chi connectivity index (χ0n) is 5.07. The van der Waals surface area contributed by atoms with Crippen LogP contribution >= 0.6 is 0 Å². The fraction of sp³-hybridized carbons (Fsp3) is 0.667. The molecule has 2 N–H and O–H groups in total. The van der Waals surface area contributed by atoms with E-state index in [4.69, 9.17) is 5.11 Å². The summed E-state index contributed by atoms with van der Waals surface area (Å²) in [6.45, 7) is 2.78. The molecule has 0 aliphatic rings. The van der Waals surface area contributed by atoms with Crippen molar-refractivity contribution in [2.24, 2.45) is 0 Å². The van der Waals surface area contributed by atoms with Gasteiger partial charge in [-0.25, -0.2) is 0 Å². The Kier molecular flexibility index (Phi) is 5.78. The second-order valence-corrected chi connectivity index (χ2v) is 1.38. The van der Waals surface area contributed by atoms with Gasteiger partial charge < -0.3 is 10.4 Å². The molecule has 0 atom stereocenters. The number of hydrogen-bond acceptors (Lipinski definition) is 2. The SMILES string of the molecule is CC#CNCCCO. The van der Waals surface area contributed by atoms with E-state index in [1.807, 2.05) is 0 Å². The molecule has 2 nitrogen and oxygen atoms in total. The molecule has 0 radical (unpaired) electrons. The van der Waals surface area contributed by atoms with Gasteiger partial charge in [0.25, 0.3) is 0 Å². The standard InChI is InChI=1S/C6H11NO/c1-2-4-7-5-3-6-8/h7-8H,3,5-6H2,1H3. The van der Waals surface area contributed by atoms with E-state index >= 15 is 0 Å². The van der Waals surface area contributed by atoms with E-state index in [2.05, 4.69) is 17.3 Å². The van der Waals surface area contributed by atoms with Crippen molar-refractivity contribution in [2.75, 3.05) is 13.2 Å². The van der Waals surface area contributed by atoms with Crippen LogP contribution in [0.25, 0.3) is 0 Å². The van der Waals surface area contributed by atoms with E-state index in [1.165, 1.54) is 0 Å². The zero-order valence-corrected chi connectivity index (χ0v) is 5.07. The molecule has 0 aliphatic heterocycles. The second-order valence-electron chi connectivity index (χ2n) is 1.38. The molecular weight excluding hydrogens is 102 g/mol. The highest BCUT2D eigenvalue weighted by atomic mass is 16.3. The molecule has 46 valence electrons. The van der Waals surface area contributed by atoms with Gasteiger partial charge in [0.2, 0.25) is 0 Å². The van der Waals surface area contributed by atoms with Crippen molar-refractivity contribution in [3.8, 4) is 12.0 Å². The third-order valence-corrected chi connectivity index (χ3v) is 0.673. The predicted molar refractivity (Wildman–Crippen MR) is 33.2 cm³/mol. The highest BCUT2D eigenvalue weighted by Gasteiger charge is 1.76. The molecule has 0 bridgehead atoms. The minimum absolute atomic E-state index is 0.235. The van der Waals surface area contributed by atoms with Gasteiger partial charge in [-0.05, 0) is 13.3 Å². The van der Waals surface area contributed by atoms with Crippen molar-refractivity contribution in [1.29, 1.82) is 0 Å². The summed E-state index contributed by atoms with van der Waals surface area (Å²) in [5.74, 6) is 2.68. The van der Waals surface area contributed by atoms with Crippen LogP contribution in [0, 0.1) is 12.0 Å². The van der Waals surface area contributed by atoms with Gasteiger partial charge in [-0.1, -0.05) is 5.92 Å². The summed E-state index contributed by atoms with van der Waals surface area (Å²) in [4.78, 5) is 0. The average Bonchev–Trinajstić information content (AvgIpc) is 1.81. The van der Waals surface area contributed by atoms with Gasteiger partial charge in [0.1, 0.15) is 0 Å². The predicted octanol–water partition coefficient (Wildman–Crippen LogP) is -0.0608. The lowest BCUT2D eigenvalue weighted by Gasteiger charge is -1.91. The molecule has 8 heavy (non-hydrogen) atoms. The van der Waals surface area contributed by atoms with Gasteiger partial charge in [-0.15, -0.1) is 0 Å². The van der Waals surface area contributed by atoms with Gasteiger partial charge in [0, 0.05) is 19.2 Å². The average molecular weight is 113 g/mol. The Morgan fingerprint density at radius 3 is 2.88 bits per heavy atom. The molecule has 2 heteroatoms. The molecule has 0 unspecified atom stereocenters. The Morgan fingerprint density at radius 2 is 2.38 bits per heavy atom. The molecule has 0 rings (SSSR count). The lowest BCUT2D eigenvalue weighted by atomic mass is 10.5. The highest BCUT2D eigenvalue weighted by Crippen LogP contribution is 1.67. The van der Waals surface area contributed by atoms with Crippen LogP contribution in [-0.2, 0) is 0 Å². The number of aliphatic hydroxyl groups is 1. The highest BCUT2D eigenvalue weighted by molar-refractivity contribution is 4.91. The second kappa shape index (κ2) is 6.32. The fourth-order valence-corrected chi connectivity index (χ4v) is 0.318. The first-order valence-electron chi connectivity index (χ1n) is 2.67. The fourth-order valence-electron chi connectivity index (χ4n) is 0.318. The Labute approximate surface area is 49.9 Å². The normalized spacial score (nSPS) is 7.25. The summed E-state index contributed by atoms with van der Waals surface area (Å²) in [5.41, 5.74) is 0. The first-order chi connectivity index (χ1) is 3.91. The Balaban J connectivity index is 2.79. The first-order valence-corrected chi connectivity index (χ1v) is 2.67. The lowest BCUT2D eigenvalue weighted by molar-refractivity contribution is 0.288. The molecule has 0 aromatic rings. The molecule has 0 saturated heterocycles. The van der Waals surface area contributed by atoms with Gasteiger partial charge in [-0.3, -0.25) is 0 Å². The minimum Gasteiger partial charge on any atom is -0.396 e. The molecular formula is C6H11NO. The third kappa shape index (κ3) is 5.32. The summed E-state index contributed by atoms with van der Waals surface area (Å²) in [5, 5.41) is 11.1. The van der Waals surface area contributed by atoms with Crippen LogP contribution in [0.4, 0.5) is 0 Å². The third-order valence-electron chi connectivity index (χ3n) is 0.673. The van der Waals surface area contributed by atoms with Crippen LogP contribution in [-0.4, -0.2) is 18.3 Å². The van der Waals surface area contributed by atoms with Crippen molar-refractivity contribution in [2.45, 2.75) is 13.3 Å². The Hall–Kier alpha value is -0.680. The molecule has 0 aromatic heterocycles. The van der Waals surface area contributed by atoms with Gasteiger partial charge in [0.05, 0.1) is 0 Å². The summed E-state index contributed by atoms with van der Waals surface area (Å²) in [6.07, 6.45) is 0.772. The molecule has 0 heterocycles. The summed E-state index contributed by atoms with van der Waals surface area (Å²) < 4.78 is 0. The number of rotatable bonds is 3. The van der Waals surface area contributed by atoms with Crippen LogP contribution in [0.3, 0.4) is 0 Å². The van der Waals surface area contributed by atoms with Crippen molar-refractivity contribution >= 4 is 0 Å². The van der Waals surface area contributed by atoms with E-state index < -0.39 is 0 Å².